The summed E-state index contributed by atoms with van der Waals surface area (Å²) in [7, 11) is -1.47. The normalized spacial score (nSPS) is 12.8. The Balaban J connectivity index is 1.72. The summed E-state index contributed by atoms with van der Waals surface area (Å²) in [6.45, 7) is 11.2. The largest absolute Gasteiger partial charge is 0.415 e. The van der Waals surface area contributed by atoms with Crippen molar-refractivity contribution in [3.8, 4) is 11.4 Å². The van der Waals surface area contributed by atoms with Gasteiger partial charge in [-0.15, -0.1) is 0 Å². The van der Waals surface area contributed by atoms with E-state index in [1.165, 1.54) is 68.9 Å². The monoisotopic (exact) mass is 440 g/mol. The van der Waals surface area contributed by atoms with Crippen molar-refractivity contribution in [3.63, 3.8) is 0 Å². The predicted molar refractivity (Wildman–Crippen MR) is 136 cm³/mol. The number of hydrogen-bond acceptors (Lipinski definition) is 3. The summed E-state index contributed by atoms with van der Waals surface area (Å²) in [4.78, 5) is 9.21. The van der Waals surface area contributed by atoms with Crippen molar-refractivity contribution in [1.29, 1.82) is 0 Å². The number of benzene rings is 1. The van der Waals surface area contributed by atoms with Crippen molar-refractivity contribution in [1.82, 2.24) is 9.97 Å². The molecule has 0 saturated carbocycles. The quantitative estimate of drug-likeness (QED) is 0.208. The molecule has 2 rings (SSSR count). The molecule has 1 heterocycles. The predicted octanol–water partition coefficient (Wildman–Crippen LogP) is 8.00. The van der Waals surface area contributed by atoms with E-state index in [1.807, 2.05) is 12.4 Å². The van der Waals surface area contributed by atoms with Crippen LogP contribution in [0, 0.1) is 0 Å². The van der Waals surface area contributed by atoms with Crippen molar-refractivity contribution in [3.05, 3.63) is 47.8 Å². The summed E-state index contributed by atoms with van der Waals surface area (Å²) in [6, 6.07) is 8.81. The van der Waals surface area contributed by atoms with Crippen LogP contribution in [0.1, 0.15) is 82.8 Å². The maximum Gasteiger partial charge on any atom is 0.184 e. The molecule has 0 aliphatic heterocycles. The maximum absolute atomic E-state index is 6.12. The highest BCUT2D eigenvalue weighted by Gasteiger charge is 2.18. The second-order valence-electron chi connectivity index (χ2n) is 9.92. The van der Waals surface area contributed by atoms with Gasteiger partial charge in [0.25, 0.3) is 0 Å². The Morgan fingerprint density at radius 2 is 1.35 bits per heavy atom. The van der Waals surface area contributed by atoms with Crippen LogP contribution in [-0.4, -0.2) is 24.4 Å². The minimum atomic E-state index is -1.47. The van der Waals surface area contributed by atoms with Crippen LogP contribution >= 0.6 is 0 Å². The zero-order valence-corrected chi connectivity index (χ0v) is 21.6. The SMILES string of the molecule is CCCCCCCCCCc1ccc(-c2ncc(CCC(C)O[Si](C)(C)C)cn2)cc1. The van der Waals surface area contributed by atoms with Crippen LogP contribution in [0.5, 0.6) is 0 Å². The highest BCUT2D eigenvalue weighted by atomic mass is 28.4. The highest BCUT2D eigenvalue weighted by molar-refractivity contribution is 6.69. The molecule has 0 spiro atoms. The summed E-state index contributed by atoms with van der Waals surface area (Å²) in [5.41, 5.74) is 3.70. The summed E-state index contributed by atoms with van der Waals surface area (Å²) in [6.07, 6.45) is 18.3. The Kier molecular flexibility index (Phi) is 11.5. The Bertz CT molecular complexity index is 722. The lowest BCUT2D eigenvalue weighted by Gasteiger charge is -2.23. The third kappa shape index (κ3) is 11.1. The molecule has 0 aliphatic carbocycles. The molecule has 1 aromatic carbocycles. The zero-order valence-electron chi connectivity index (χ0n) is 20.6. The molecule has 0 aliphatic rings. The van der Waals surface area contributed by atoms with Crippen molar-refractivity contribution >= 4 is 8.32 Å². The van der Waals surface area contributed by atoms with E-state index in [9.17, 15) is 0 Å². The molecule has 1 atom stereocenters. The van der Waals surface area contributed by atoms with Crippen LogP contribution in [0.4, 0.5) is 0 Å². The number of hydrogen-bond donors (Lipinski definition) is 0. The van der Waals surface area contributed by atoms with Gasteiger partial charge in [-0.2, -0.15) is 0 Å². The maximum atomic E-state index is 6.12. The van der Waals surface area contributed by atoms with E-state index in [1.54, 1.807) is 0 Å². The molecular weight excluding hydrogens is 396 g/mol. The van der Waals surface area contributed by atoms with E-state index in [0.717, 1.165) is 24.2 Å². The molecule has 172 valence electrons. The molecular formula is C27H44N2OSi. The average Bonchev–Trinajstić information content (AvgIpc) is 2.74. The summed E-state index contributed by atoms with van der Waals surface area (Å²) in [5, 5.41) is 0. The van der Waals surface area contributed by atoms with Gasteiger partial charge >= 0.3 is 0 Å². The lowest BCUT2D eigenvalue weighted by Crippen LogP contribution is -2.30. The van der Waals surface area contributed by atoms with Gasteiger partial charge in [0, 0.05) is 24.1 Å². The lowest BCUT2D eigenvalue weighted by molar-refractivity contribution is 0.204. The Hall–Kier alpha value is -1.52. The van der Waals surface area contributed by atoms with Crippen molar-refractivity contribution < 1.29 is 4.43 Å². The van der Waals surface area contributed by atoms with E-state index in [0.29, 0.717) is 6.10 Å². The van der Waals surface area contributed by atoms with Gasteiger partial charge in [0.2, 0.25) is 0 Å². The second kappa shape index (κ2) is 13.8. The molecule has 2 aromatic rings. The van der Waals surface area contributed by atoms with Gasteiger partial charge in [0.05, 0.1) is 0 Å². The van der Waals surface area contributed by atoms with Crippen LogP contribution in [0.2, 0.25) is 19.6 Å². The molecule has 0 bridgehead atoms. The van der Waals surface area contributed by atoms with Crippen LogP contribution in [0.15, 0.2) is 36.7 Å². The molecule has 0 saturated heterocycles. The second-order valence-corrected chi connectivity index (χ2v) is 14.4. The molecule has 0 radical (unpaired) electrons. The zero-order chi connectivity index (χ0) is 22.5. The fraction of sp³-hybridized carbons (Fsp3) is 0.630. The topological polar surface area (TPSA) is 35.0 Å². The molecule has 1 unspecified atom stereocenters. The Labute approximate surface area is 192 Å². The number of aromatic nitrogens is 2. The number of aryl methyl sites for hydroxylation is 2. The van der Waals surface area contributed by atoms with Crippen LogP contribution in [0.25, 0.3) is 11.4 Å². The summed E-state index contributed by atoms with van der Waals surface area (Å²) in [5.74, 6) is 0.814. The Morgan fingerprint density at radius 1 is 0.774 bits per heavy atom. The van der Waals surface area contributed by atoms with Gasteiger partial charge in [-0.1, -0.05) is 76.1 Å². The van der Waals surface area contributed by atoms with Crippen molar-refractivity contribution in [2.24, 2.45) is 0 Å². The van der Waals surface area contributed by atoms with E-state index >= 15 is 0 Å². The lowest BCUT2D eigenvalue weighted by atomic mass is 10.0. The molecule has 31 heavy (non-hydrogen) atoms. The molecule has 1 aromatic heterocycles. The third-order valence-electron chi connectivity index (χ3n) is 5.63. The van der Waals surface area contributed by atoms with Gasteiger partial charge in [-0.05, 0) is 63.4 Å². The van der Waals surface area contributed by atoms with E-state index < -0.39 is 8.32 Å². The first-order chi connectivity index (χ1) is 14.9. The molecule has 0 N–H and O–H groups in total. The van der Waals surface area contributed by atoms with E-state index in [2.05, 4.69) is 67.7 Å². The summed E-state index contributed by atoms with van der Waals surface area (Å²) < 4.78 is 6.12. The number of unbranched alkanes of at least 4 members (excludes halogenated alkanes) is 7. The van der Waals surface area contributed by atoms with Gasteiger partial charge in [-0.25, -0.2) is 9.97 Å². The first kappa shape index (κ1) is 25.7. The molecule has 4 heteroatoms. The van der Waals surface area contributed by atoms with E-state index in [4.69, 9.17) is 4.43 Å². The van der Waals surface area contributed by atoms with E-state index in [-0.39, 0.29) is 0 Å². The molecule has 0 fully saturated rings. The smallest absolute Gasteiger partial charge is 0.184 e. The molecule has 3 nitrogen and oxygen atoms in total. The standard InChI is InChI=1S/C27H44N2OSi/c1-6-7-8-9-10-11-12-13-14-24-17-19-26(20-18-24)27-28-21-25(22-29-27)16-15-23(2)30-31(3,4)5/h17-23H,6-16H2,1-5H3. The minimum Gasteiger partial charge on any atom is -0.415 e. The van der Waals surface area contributed by atoms with Crippen LogP contribution < -0.4 is 0 Å². The minimum absolute atomic E-state index is 0.292. The first-order valence-corrected chi connectivity index (χ1v) is 15.9. The molecule has 0 amide bonds. The van der Waals surface area contributed by atoms with Gasteiger partial charge in [0.15, 0.2) is 14.1 Å². The number of nitrogens with zero attached hydrogens (tertiary/aromatic N) is 2. The fourth-order valence-electron chi connectivity index (χ4n) is 3.95. The first-order valence-electron chi connectivity index (χ1n) is 12.5. The fourth-order valence-corrected chi connectivity index (χ4v) is 5.27. The summed E-state index contributed by atoms with van der Waals surface area (Å²) >= 11 is 0. The van der Waals surface area contributed by atoms with Gasteiger partial charge in [-0.3, -0.25) is 0 Å². The third-order valence-corrected chi connectivity index (χ3v) is 6.74. The number of rotatable bonds is 15. The van der Waals surface area contributed by atoms with Crippen LogP contribution in [0.3, 0.4) is 0 Å². The van der Waals surface area contributed by atoms with Crippen LogP contribution in [-0.2, 0) is 17.3 Å². The van der Waals surface area contributed by atoms with Gasteiger partial charge < -0.3 is 4.43 Å². The Morgan fingerprint density at radius 3 is 1.94 bits per heavy atom. The average molecular weight is 441 g/mol. The van der Waals surface area contributed by atoms with Crippen molar-refractivity contribution in [2.45, 2.75) is 110 Å². The van der Waals surface area contributed by atoms with Crippen molar-refractivity contribution in [2.75, 3.05) is 0 Å². The van der Waals surface area contributed by atoms with Gasteiger partial charge in [0.1, 0.15) is 0 Å². The highest BCUT2D eigenvalue weighted by Crippen LogP contribution is 2.18.